The van der Waals surface area contributed by atoms with Crippen LogP contribution in [0.5, 0.6) is 0 Å². The van der Waals surface area contributed by atoms with Crippen LogP contribution in [0.15, 0.2) is 52.6 Å². The Morgan fingerprint density at radius 3 is 3.00 bits per heavy atom. The van der Waals surface area contributed by atoms with Crippen molar-refractivity contribution in [2.24, 2.45) is 5.10 Å². The third kappa shape index (κ3) is 3.31. The van der Waals surface area contributed by atoms with Crippen molar-refractivity contribution in [3.05, 3.63) is 64.2 Å². The average Bonchev–Trinajstić information content (AvgIpc) is 2.91. The van der Waals surface area contributed by atoms with E-state index >= 15 is 0 Å². The van der Waals surface area contributed by atoms with E-state index in [0.29, 0.717) is 5.69 Å². The molecule has 1 amide bonds. The van der Waals surface area contributed by atoms with Gasteiger partial charge in [0.1, 0.15) is 0 Å². The Balaban J connectivity index is 1.71. The Labute approximate surface area is 131 Å². The lowest BCUT2D eigenvalue weighted by Gasteiger charge is -1.97. The van der Waals surface area contributed by atoms with E-state index < -0.39 is 0 Å². The van der Waals surface area contributed by atoms with Crippen molar-refractivity contribution in [3.8, 4) is 0 Å². The second-order valence-electron chi connectivity index (χ2n) is 4.99. The second kappa shape index (κ2) is 6.22. The molecule has 0 unspecified atom stereocenters. The van der Waals surface area contributed by atoms with Gasteiger partial charge in [0.25, 0.3) is 17.7 Å². The first-order valence-corrected chi connectivity index (χ1v) is 6.97. The van der Waals surface area contributed by atoms with Gasteiger partial charge in [0, 0.05) is 16.9 Å². The predicted octanol–water partition coefficient (Wildman–Crippen LogP) is -0.231. The number of amides is 1. The highest BCUT2D eigenvalue weighted by molar-refractivity contribution is 5.82. The number of hydrogen-bond acceptors (Lipinski definition) is 4. The largest absolute Gasteiger partial charge is 0.331 e. The van der Waals surface area contributed by atoms with Gasteiger partial charge in [-0.25, -0.2) is 10.5 Å². The van der Waals surface area contributed by atoms with Crippen LogP contribution in [-0.4, -0.2) is 27.0 Å². The van der Waals surface area contributed by atoms with Gasteiger partial charge in [0.05, 0.1) is 6.21 Å². The molecule has 0 spiro atoms. The highest BCUT2D eigenvalue weighted by Gasteiger charge is 2.18. The summed E-state index contributed by atoms with van der Waals surface area (Å²) in [7, 11) is 0. The Morgan fingerprint density at radius 1 is 1.43 bits per heavy atom. The first-order chi connectivity index (χ1) is 11.1. The molecule has 0 aliphatic heterocycles. The number of nitrogens with zero attached hydrogens (tertiary/aromatic N) is 4. The molecule has 1 aromatic carbocycles. The standard InChI is InChI=1S/C15H14N6O2/c1-11-7-13(22)15-20(17-10-21(15)19-11)9-14(23)18-16-8-12-5-3-2-4-6-12/h2-8,10H,9H2,1H3,(H-,18,19,22,23)/p+1/b16-8+. The molecule has 2 N–H and O–H groups in total. The Kier molecular flexibility index (Phi) is 3.96. The van der Waals surface area contributed by atoms with Crippen LogP contribution in [0.1, 0.15) is 11.3 Å². The molecule has 0 bridgehead atoms. The molecule has 0 fully saturated rings. The molecule has 2 aromatic heterocycles. The van der Waals surface area contributed by atoms with Crippen LogP contribution >= 0.6 is 0 Å². The number of hydrazone groups is 1. The highest BCUT2D eigenvalue weighted by Crippen LogP contribution is 1.94. The van der Waals surface area contributed by atoms with Crippen LogP contribution in [0.4, 0.5) is 0 Å². The van der Waals surface area contributed by atoms with Crippen LogP contribution in [0.2, 0.25) is 0 Å². The number of rotatable bonds is 4. The topological polar surface area (TPSA) is 96.2 Å². The lowest BCUT2D eigenvalue weighted by atomic mass is 10.2. The van der Waals surface area contributed by atoms with Gasteiger partial charge in [-0.1, -0.05) is 35.0 Å². The van der Waals surface area contributed by atoms with Crippen LogP contribution in [0, 0.1) is 6.92 Å². The zero-order valence-corrected chi connectivity index (χ0v) is 12.4. The molecule has 23 heavy (non-hydrogen) atoms. The van der Waals surface area contributed by atoms with E-state index in [1.165, 1.54) is 21.6 Å². The summed E-state index contributed by atoms with van der Waals surface area (Å²) < 4.78 is 2.81. The van der Waals surface area contributed by atoms with E-state index in [1.807, 2.05) is 30.3 Å². The van der Waals surface area contributed by atoms with E-state index in [-0.39, 0.29) is 23.5 Å². The fraction of sp³-hybridized carbons (Fsp3) is 0.133. The van der Waals surface area contributed by atoms with E-state index in [9.17, 15) is 9.59 Å². The molecule has 2 heterocycles. The van der Waals surface area contributed by atoms with Crippen LogP contribution in [0.3, 0.4) is 0 Å². The van der Waals surface area contributed by atoms with Gasteiger partial charge in [-0.15, -0.1) is 4.52 Å². The van der Waals surface area contributed by atoms with E-state index in [0.717, 1.165) is 5.56 Å². The minimum Gasteiger partial charge on any atom is -0.282 e. The molecular weight excluding hydrogens is 296 g/mol. The summed E-state index contributed by atoms with van der Waals surface area (Å²) in [5, 5.41) is 10.9. The summed E-state index contributed by atoms with van der Waals surface area (Å²) in [5.41, 5.74) is 4.08. The van der Waals surface area contributed by atoms with E-state index in [4.69, 9.17) is 0 Å². The van der Waals surface area contributed by atoms with E-state index in [1.54, 1.807) is 13.1 Å². The summed E-state index contributed by atoms with van der Waals surface area (Å²) in [6.07, 6.45) is 2.99. The number of nitrogens with one attached hydrogen (secondary N) is 2. The van der Waals surface area contributed by atoms with E-state index in [2.05, 4.69) is 20.7 Å². The lowest BCUT2D eigenvalue weighted by Crippen LogP contribution is -2.33. The molecule has 3 rings (SSSR count). The van der Waals surface area contributed by atoms with Gasteiger partial charge in [-0.05, 0) is 12.5 Å². The van der Waals surface area contributed by atoms with Crippen molar-refractivity contribution in [1.29, 1.82) is 0 Å². The fourth-order valence-electron chi connectivity index (χ4n) is 2.16. The van der Waals surface area contributed by atoms with Crippen molar-refractivity contribution in [3.63, 3.8) is 0 Å². The maximum Gasteiger partial charge on any atom is 0.331 e. The third-order valence-electron chi connectivity index (χ3n) is 3.14. The van der Waals surface area contributed by atoms with Gasteiger partial charge >= 0.3 is 5.65 Å². The predicted molar refractivity (Wildman–Crippen MR) is 82.9 cm³/mol. The van der Waals surface area contributed by atoms with Gasteiger partial charge in [-0.3, -0.25) is 9.59 Å². The molecule has 8 heteroatoms. The third-order valence-corrected chi connectivity index (χ3v) is 3.14. The smallest absolute Gasteiger partial charge is 0.282 e. The Morgan fingerprint density at radius 2 is 2.22 bits per heavy atom. The number of aryl methyl sites for hydroxylation is 1. The van der Waals surface area contributed by atoms with Crippen LogP contribution in [0.25, 0.3) is 5.65 Å². The molecule has 0 aliphatic carbocycles. The minimum atomic E-state index is -0.372. The number of aromatic amines is 1. The zero-order valence-electron chi connectivity index (χ0n) is 12.4. The Hall–Kier alpha value is -3.29. The minimum absolute atomic E-state index is 0.102. The first kappa shape index (κ1) is 14.6. The molecule has 0 atom stereocenters. The number of carbonyl (C=O) groups excluding carboxylic acids is 1. The molecular formula is C15H15N6O2+. The monoisotopic (exact) mass is 311 g/mol. The van der Waals surface area contributed by atoms with Crippen molar-refractivity contribution < 1.29 is 9.31 Å². The lowest BCUT2D eigenvalue weighted by molar-refractivity contribution is -0.582. The van der Waals surface area contributed by atoms with Crippen molar-refractivity contribution in [1.82, 2.24) is 20.3 Å². The fourth-order valence-corrected chi connectivity index (χ4v) is 2.16. The molecule has 0 radical (unpaired) electrons. The van der Waals surface area contributed by atoms with Gasteiger partial charge in [0.15, 0.2) is 6.54 Å². The summed E-state index contributed by atoms with van der Waals surface area (Å²) in [4.78, 5) is 23.9. The SMILES string of the molecule is Cc1cc(=O)c2n(CC(=O)N/N=C/c3ccccc3)nc[n+]2[nH]1. The van der Waals surface area contributed by atoms with Crippen LogP contribution < -0.4 is 15.4 Å². The molecule has 116 valence electrons. The number of fused-ring (bicyclic) bond motifs is 1. The first-order valence-electron chi connectivity index (χ1n) is 6.97. The summed E-state index contributed by atoms with van der Waals surface area (Å²) in [5.74, 6) is -0.372. The number of carbonyl (C=O) groups is 1. The number of aromatic nitrogens is 4. The molecule has 0 saturated heterocycles. The van der Waals surface area contributed by atoms with Crippen molar-refractivity contribution in [2.45, 2.75) is 13.5 Å². The number of hydrogen-bond donors (Lipinski definition) is 2. The number of H-pyrrole nitrogens is 1. The Bertz CT molecular complexity index is 926. The summed E-state index contributed by atoms with van der Waals surface area (Å²) in [6.45, 7) is 1.67. The second-order valence-corrected chi connectivity index (χ2v) is 4.99. The molecule has 3 aromatic rings. The average molecular weight is 311 g/mol. The van der Waals surface area contributed by atoms with Crippen molar-refractivity contribution in [2.75, 3.05) is 0 Å². The van der Waals surface area contributed by atoms with Crippen molar-refractivity contribution >= 4 is 17.8 Å². The summed E-state index contributed by atoms with van der Waals surface area (Å²) >= 11 is 0. The maximum atomic E-state index is 12.0. The molecule has 8 nitrogen and oxygen atoms in total. The summed E-state index contributed by atoms with van der Waals surface area (Å²) in [6, 6.07) is 10.9. The van der Waals surface area contributed by atoms with Crippen LogP contribution in [-0.2, 0) is 11.3 Å². The molecule has 0 aliphatic rings. The van der Waals surface area contributed by atoms with Gasteiger partial charge < -0.3 is 0 Å². The quantitative estimate of drug-likeness (QED) is 0.396. The van der Waals surface area contributed by atoms with Gasteiger partial charge in [-0.2, -0.15) is 5.10 Å². The maximum absolute atomic E-state index is 12.0. The highest BCUT2D eigenvalue weighted by atomic mass is 16.2. The van der Waals surface area contributed by atoms with Gasteiger partial charge in [0.2, 0.25) is 0 Å². The normalized spacial score (nSPS) is 11.2. The number of benzene rings is 1. The zero-order chi connectivity index (χ0) is 16.2. The molecule has 0 saturated carbocycles.